The number of rotatable bonds is 2. The van der Waals surface area contributed by atoms with Gasteiger partial charge in [0, 0.05) is 40.3 Å². The molecular weight excluding hydrogens is 288 g/mol. The van der Waals surface area contributed by atoms with Crippen molar-refractivity contribution in [2.24, 2.45) is 11.4 Å². The maximum Gasteiger partial charge on any atom is 0.250 e. The van der Waals surface area contributed by atoms with Gasteiger partial charge in [-0.3, -0.25) is 4.79 Å². The largest absolute Gasteiger partial charge is 0.317 e. The second kappa shape index (κ2) is 5.19. The number of halogens is 1. The number of aromatic nitrogens is 1. The fraction of sp³-hybridized carbons (Fsp3) is 0.455. The Kier molecular flexibility index (Phi) is 4.38. The number of pyridine rings is 1. The van der Waals surface area contributed by atoms with Gasteiger partial charge in [0.1, 0.15) is 0 Å². The third kappa shape index (κ3) is 4.14. The molecule has 0 aromatic carbocycles. The molecule has 0 aliphatic heterocycles. The Morgan fingerprint density at radius 3 is 2.69 bits per heavy atom. The average molecular weight is 303 g/mol. The molecule has 0 atom stereocenters. The van der Waals surface area contributed by atoms with Crippen LogP contribution in [-0.2, 0) is 7.05 Å². The van der Waals surface area contributed by atoms with Gasteiger partial charge in [-0.1, -0.05) is 0 Å². The van der Waals surface area contributed by atoms with E-state index in [2.05, 4.69) is 41.1 Å². The van der Waals surface area contributed by atoms with Gasteiger partial charge >= 0.3 is 0 Å². The molecule has 88 valence electrons. The van der Waals surface area contributed by atoms with Crippen LogP contribution < -0.4 is 5.56 Å². The van der Waals surface area contributed by atoms with Gasteiger partial charge in [-0.15, -0.1) is 0 Å². The predicted molar refractivity (Wildman–Crippen MR) is 74.3 cm³/mol. The highest BCUT2D eigenvalue weighted by atomic mass is 79.9. The van der Waals surface area contributed by atoms with Crippen molar-refractivity contribution in [3.05, 3.63) is 32.7 Å². The lowest BCUT2D eigenvalue weighted by atomic mass is 10.3. The van der Waals surface area contributed by atoms with Crippen LogP contribution in [0.1, 0.15) is 26.3 Å². The highest BCUT2D eigenvalue weighted by Gasteiger charge is 2.09. The van der Waals surface area contributed by atoms with Crippen LogP contribution in [0, 0.1) is 0 Å². The molecule has 0 amide bonds. The Labute approximate surface area is 108 Å². The lowest BCUT2D eigenvalue weighted by Gasteiger charge is -2.12. The molecule has 0 saturated carbocycles. The zero-order valence-corrected chi connectivity index (χ0v) is 12.2. The van der Waals surface area contributed by atoms with Gasteiger partial charge in [0.15, 0.2) is 0 Å². The second-order valence-electron chi connectivity index (χ2n) is 4.46. The Hall–Kier alpha value is -0.550. The molecule has 0 aliphatic rings. The number of hydrogen-bond acceptors (Lipinski definition) is 3. The van der Waals surface area contributed by atoms with Gasteiger partial charge < -0.3 is 4.57 Å². The van der Waals surface area contributed by atoms with Crippen molar-refractivity contribution >= 4 is 34.1 Å². The molecule has 1 aromatic rings. The summed E-state index contributed by atoms with van der Waals surface area (Å²) in [5.41, 5.74) is 0.769. The van der Waals surface area contributed by atoms with Gasteiger partial charge in [0.05, 0.1) is 0 Å². The van der Waals surface area contributed by atoms with E-state index in [4.69, 9.17) is 0 Å². The standard InChI is InChI=1S/C11H15BrN2OS/c1-11(2,3)16-13-6-8-5-10(15)14(4)7-9(8)12/h5-7H,1-4H3/b13-6+. The summed E-state index contributed by atoms with van der Waals surface area (Å²) in [5.74, 6) is 0. The smallest absolute Gasteiger partial charge is 0.250 e. The molecule has 0 saturated heterocycles. The van der Waals surface area contributed by atoms with Crippen LogP contribution in [0.4, 0.5) is 0 Å². The molecule has 16 heavy (non-hydrogen) atoms. The van der Waals surface area contributed by atoms with Crippen molar-refractivity contribution < 1.29 is 0 Å². The molecule has 1 heterocycles. The summed E-state index contributed by atoms with van der Waals surface area (Å²) in [4.78, 5) is 11.4. The van der Waals surface area contributed by atoms with E-state index in [9.17, 15) is 4.79 Å². The summed E-state index contributed by atoms with van der Waals surface area (Å²) in [5, 5.41) is 0. The maximum atomic E-state index is 11.4. The molecule has 0 aliphatic carbocycles. The predicted octanol–water partition coefficient (Wildman–Crippen LogP) is 3.01. The summed E-state index contributed by atoms with van der Waals surface area (Å²) in [6.07, 6.45) is 3.45. The van der Waals surface area contributed by atoms with Crippen LogP contribution in [0.2, 0.25) is 0 Å². The number of hydrogen-bond donors (Lipinski definition) is 0. The third-order valence-corrected chi connectivity index (χ3v) is 3.15. The molecular formula is C11H15BrN2OS. The summed E-state index contributed by atoms with van der Waals surface area (Å²) in [6.45, 7) is 6.27. The summed E-state index contributed by atoms with van der Waals surface area (Å²) in [7, 11) is 1.72. The number of aryl methyl sites for hydroxylation is 1. The fourth-order valence-corrected chi connectivity index (χ4v) is 1.96. The first kappa shape index (κ1) is 13.5. The molecule has 1 aromatic heterocycles. The normalized spacial score (nSPS) is 12.3. The van der Waals surface area contributed by atoms with E-state index in [0.29, 0.717) is 0 Å². The molecule has 0 bridgehead atoms. The Bertz CT molecular complexity index is 460. The first-order valence-corrected chi connectivity index (χ1v) is 6.44. The van der Waals surface area contributed by atoms with Crippen molar-refractivity contribution in [1.82, 2.24) is 4.57 Å². The van der Waals surface area contributed by atoms with E-state index in [1.165, 1.54) is 16.5 Å². The van der Waals surface area contributed by atoms with Crippen LogP contribution in [0.5, 0.6) is 0 Å². The molecule has 0 spiro atoms. The molecule has 3 nitrogen and oxygen atoms in total. The van der Waals surface area contributed by atoms with Crippen molar-refractivity contribution in [3.63, 3.8) is 0 Å². The minimum atomic E-state index is -0.0367. The van der Waals surface area contributed by atoms with Gasteiger partial charge in [-0.2, -0.15) is 0 Å². The SMILES string of the molecule is Cn1cc(Br)c(/C=N/SC(C)(C)C)cc1=O. The topological polar surface area (TPSA) is 34.4 Å². The van der Waals surface area contributed by atoms with Crippen LogP contribution in [0.25, 0.3) is 0 Å². The Balaban J connectivity index is 2.90. The average Bonchev–Trinajstić information content (AvgIpc) is 2.11. The quantitative estimate of drug-likeness (QED) is 0.622. The van der Waals surface area contributed by atoms with E-state index < -0.39 is 0 Å². The minimum absolute atomic E-state index is 0.0367. The van der Waals surface area contributed by atoms with Crippen LogP contribution >= 0.6 is 27.9 Å². The Morgan fingerprint density at radius 1 is 1.50 bits per heavy atom. The lowest BCUT2D eigenvalue weighted by Crippen LogP contribution is -2.15. The van der Waals surface area contributed by atoms with Gasteiger partial charge in [0.2, 0.25) is 0 Å². The zero-order chi connectivity index (χ0) is 12.3. The summed E-state index contributed by atoms with van der Waals surface area (Å²) < 4.78 is 6.74. The van der Waals surface area contributed by atoms with Crippen molar-refractivity contribution in [2.75, 3.05) is 0 Å². The molecule has 0 fully saturated rings. The van der Waals surface area contributed by atoms with E-state index in [-0.39, 0.29) is 10.3 Å². The van der Waals surface area contributed by atoms with Crippen molar-refractivity contribution in [3.8, 4) is 0 Å². The third-order valence-electron chi connectivity index (χ3n) is 1.73. The fourth-order valence-electron chi connectivity index (χ4n) is 0.952. The van der Waals surface area contributed by atoms with E-state index in [1.54, 1.807) is 25.5 Å². The van der Waals surface area contributed by atoms with Crippen molar-refractivity contribution in [1.29, 1.82) is 0 Å². The first-order chi connectivity index (χ1) is 7.29. The Morgan fingerprint density at radius 2 is 2.12 bits per heavy atom. The lowest BCUT2D eigenvalue weighted by molar-refractivity contribution is 0.804. The summed E-state index contributed by atoms with van der Waals surface area (Å²) in [6, 6.07) is 1.57. The van der Waals surface area contributed by atoms with Crippen molar-refractivity contribution in [2.45, 2.75) is 25.5 Å². The highest BCUT2D eigenvalue weighted by molar-refractivity contribution is 9.10. The zero-order valence-electron chi connectivity index (χ0n) is 9.82. The van der Waals surface area contributed by atoms with Crippen LogP contribution in [-0.4, -0.2) is 15.5 Å². The molecule has 1 rings (SSSR count). The molecule has 0 radical (unpaired) electrons. The summed E-state index contributed by atoms with van der Waals surface area (Å²) >= 11 is 4.89. The molecule has 0 unspecified atom stereocenters. The van der Waals surface area contributed by atoms with E-state index in [0.717, 1.165) is 10.0 Å². The first-order valence-electron chi connectivity index (χ1n) is 4.87. The van der Waals surface area contributed by atoms with E-state index >= 15 is 0 Å². The van der Waals surface area contributed by atoms with E-state index in [1.807, 2.05) is 0 Å². The van der Waals surface area contributed by atoms with Crippen LogP contribution in [0.15, 0.2) is 25.9 Å². The van der Waals surface area contributed by atoms with Crippen LogP contribution in [0.3, 0.4) is 0 Å². The number of nitrogens with zero attached hydrogens (tertiary/aromatic N) is 2. The monoisotopic (exact) mass is 302 g/mol. The van der Waals surface area contributed by atoms with Gasteiger partial charge in [-0.05, 0) is 48.6 Å². The molecule has 0 N–H and O–H groups in total. The maximum absolute atomic E-state index is 11.4. The van der Waals surface area contributed by atoms with Gasteiger partial charge in [0.25, 0.3) is 5.56 Å². The highest BCUT2D eigenvalue weighted by Crippen LogP contribution is 2.24. The minimum Gasteiger partial charge on any atom is -0.317 e. The second-order valence-corrected chi connectivity index (χ2v) is 6.94. The molecule has 5 heteroatoms. The van der Waals surface area contributed by atoms with Gasteiger partial charge in [-0.25, -0.2) is 4.40 Å².